The summed E-state index contributed by atoms with van der Waals surface area (Å²) in [7, 11) is -3.75. The molecule has 2 heterocycles. The Labute approximate surface area is 144 Å². The molecule has 124 valence electrons. The van der Waals surface area contributed by atoms with Crippen molar-refractivity contribution in [2.24, 2.45) is 0 Å². The standard InChI is InChI=1S/C18H14N4O2S/c1-13-18(25(23,24)15-10-6-3-7-11-15)20-19-17-12-16(21-22(13)17)14-8-4-2-5-9-14/h2-12H,1H3. The van der Waals surface area contributed by atoms with Gasteiger partial charge in [0, 0.05) is 11.6 Å². The molecule has 0 atom stereocenters. The van der Waals surface area contributed by atoms with Gasteiger partial charge in [-0.25, -0.2) is 12.9 Å². The second-order valence-electron chi connectivity index (χ2n) is 5.57. The first-order valence-electron chi connectivity index (χ1n) is 7.66. The molecule has 2 aromatic carbocycles. The normalized spacial score (nSPS) is 11.7. The lowest BCUT2D eigenvalue weighted by molar-refractivity contribution is 0.586. The third-order valence-corrected chi connectivity index (χ3v) is 5.72. The van der Waals surface area contributed by atoms with E-state index in [0.717, 1.165) is 5.56 Å². The van der Waals surface area contributed by atoms with Gasteiger partial charge in [0.2, 0.25) is 14.9 Å². The van der Waals surface area contributed by atoms with Crippen molar-refractivity contribution in [2.75, 3.05) is 0 Å². The van der Waals surface area contributed by atoms with E-state index in [2.05, 4.69) is 15.3 Å². The van der Waals surface area contributed by atoms with Crippen molar-refractivity contribution in [2.45, 2.75) is 16.8 Å². The lowest BCUT2D eigenvalue weighted by Gasteiger charge is -2.07. The summed E-state index contributed by atoms with van der Waals surface area (Å²) in [4.78, 5) is 0.183. The lowest BCUT2D eigenvalue weighted by Crippen LogP contribution is -2.12. The highest BCUT2D eigenvalue weighted by atomic mass is 32.2. The van der Waals surface area contributed by atoms with E-state index < -0.39 is 9.84 Å². The highest BCUT2D eigenvalue weighted by Gasteiger charge is 2.24. The maximum Gasteiger partial charge on any atom is 0.227 e. The Kier molecular flexibility index (Phi) is 3.58. The van der Waals surface area contributed by atoms with E-state index in [1.807, 2.05) is 30.3 Å². The van der Waals surface area contributed by atoms with Crippen LogP contribution in [0.3, 0.4) is 0 Å². The Balaban J connectivity index is 1.89. The van der Waals surface area contributed by atoms with E-state index in [1.54, 1.807) is 43.3 Å². The summed E-state index contributed by atoms with van der Waals surface area (Å²) in [5.41, 5.74) is 2.58. The molecule has 4 aromatic rings. The van der Waals surface area contributed by atoms with Crippen molar-refractivity contribution in [3.05, 3.63) is 72.4 Å². The van der Waals surface area contributed by atoms with Gasteiger partial charge in [-0.2, -0.15) is 5.10 Å². The molecule has 0 aliphatic heterocycles. The van der Waals surface area contributed by atoms with Crippen molar-refractivity contribution in [1.82, 2.24) is 19.8 Å². The average Bonchev–Trinajstić information content (AvgIpc) is 3.09. The zero-order chi connectivity index (χ0) is 17.4. The first-order valence-corrected chi connectivity index (χ1v) is 9.14. The molecule has 0 spiro atoms. The fraction of sp³-hybridized carbons (Fsp3) is 0.0556. The Bertz CT molecular complexity index is 1150. The molecule has 0 N–H and O–H groups in total. The minimum absolute atomic E-state index is 0.0890. The van der Waals surface area contributed by atoms with Crippen LogP contribution in [0.5, 0.6) is 0 Å². The predicted molar refractivity (Wildman–Crippen MR) is 92.8 cm³/mol. The zero-order valence-corrected chi connectivity index (χ0v) is 14.2. The van der Waals surface area contributed by atoms with Crippen molar-refractivity contribution in [3.63, 3.8) is 0 Å². The second kappa shape index (κ2) is 5.78. The quantitative estimate of drug-likeness (QED) is 0.568. The average molecular weight is 350 g/mol. The SMILES string of the molecule is Cc1c(S(=O)(=O)c2ccccc2)nnc2cc(-c3ccccc3)nn12. The molecule has 0 unspecified atom stereocenters. The van der Waals surface area contributed by atoms with Gasteiger partial charge in [-0.1, -0.05) is 48.5 Å². The van der Waals surface area contributed by atoms with Gasteiger partial charge in [0.05, 0.1) is 16.3 Å². The van der Waals surface area contributed by atoms with E-state index in [4.69, 9.17) is 0 Å². The molecule has 4 rings (SSSR count). The first kappa shape index (κ1) is 15.5. The van der Waals surface area contributed by atoms with Crippen LogP contribution in [0.4, 0.5) is 0 Å². The van der Waals surface area contributed by atoms with Gasteiger partial charge >= 0.3 is 0 Å². The highest BCUT2D eigenvalue weighted by Crippen LogP contribution is 2.24. The monoisotopic (exact) mass is 350 g/mol. The number of nitrogens with zero attached hydrogens (tertiary/aromatic N) is 4. The Morgan fingerprint density at radius 3 is 2.20 bits per heavy atom. The summed E-state index contributed by atoms with van der Waals surface area (Å²) < 4.78 is 27.2. The van der Waals surface area contributed by atoms with Gasteiger partial charge in [0.15, 0.2) is 5.65 Å². The van der Waals surface area contributed by atoms with E-state index in [1.165, 1.54) is 4.52 Å². The number of hydrogen-bond acceptors (Lipinski definition) is 5. The number of benzene rings is 2. The van der Waals surface area contributed by atoms with Crippen LogP contribution in [-0.2, 0) is 9.84 Å². The van der Waals surface area contributed by atoms with Crippen LogP contribution in [-0.4, -0.2) is 28.2 Å². The molecular formula is C18H14N4O2S. The first-order chi connectivity index (χ1) is 12.1. The van der Waals surface area contributed by atoms with Crippen molar-refractivity contribution >= 4 is 15.5 Å². The molecule has 0 bridgehead atoms. The molecule has 25 heavy (non-hydrogen) atoms. The number of aromatic nitrogens is 4. The van der Waals surface area contributed by atoms with Crippen LogP contribution in [0, 0.1) is 6.92 Å². The number of aryl methyl sites for hydroxylation is 1. The molecule has 0 aliphatic rings. The van der Waals surface area contributed by atoms with Crippen molar-refractivity contribution in [1.29, 1.82) is 0 Å². The third kappa shape index (κ3) is 2.58. The Morgan fingerprint density at radius 1 is 0.880 bits per heavy atom. The Hall–Kier alpha value is -3.06. The smallest absolute Gasteiger partial charge is 0.217 e. The van der Waals surface area contributed by atoms with E-state index in [9.17, 15) is 8.42 Å². The number of fused-ring (bicyclic) bond motifs is 1. The Morgan fingerprint density at radius 2 is 1.52 bits per heavy atom. The van der Waals surface area contributed by atoms with Crippen LogP contribution >= 0.6 is 0 Å². The summed E-state index contributed by atoms with van der Waals surface area (Å²) in [5.74, 6) is 0. The van der Waals surface area contributed by atoms with Crippen molar-refractivity contribution in [3.8, 4) is 11.3 Å². The van der Waals surface area contributed by atoms with E-state index >= 15 is 0 Å². The van der Waals surface area contributed by atoms with Gasteiger partial charge in [-0.15, -0.1) is 10.2 Å². The molecule has 7 heteroatoms. The molecular weight excluding hydrogens is 336 g/mol. The van der Waals surface area contributed by atoms with E-state index in [-0.39, 0.29) is 9.92 Å². The minimum atomic E-state index is -3.75. The van der Waals surface area contributed by atoms with Gasteiger partial charge in [0.1, 0.15) is 0 Å². The zero-order valence-electron chi connectivity index (χ0n) is 13.4. The maximum absolute atomic E-state index is 12.8. The summed E-state index contributed by atoms with van der Waals surface area (Å²) in [6, 6.07) is 19.6. The molecule has 0 fully saturated rings. The van der Waals surface area contributed by atoms with Crippen LogP contribution in [0.15, 0.2) is 76.7 Å². The second-order valence-corrected chi connectivity index (χ2v) is 7.44. The molecule has 0 amide bonds. The maximum atomic E-state index is 12.8. The number of sulfone groups is 1. The van der Waals surface area contributed by atoms with E-state index in [0.29, 0.717) is 17.0 Å². The fourth-order valence-corrected chi connectivity index (χ4v) is 4.02. The predicted octanol–water partition coefficient (Wildman–Crippen LogP) is 2.93. The number of rotatable bonds is 3. The molecule has 0 saturated heterocycles. The lowest BCUT2D eigenvalue weighted by atomic mass is 10.2. The molecule has 2 aromatic heterocycles. The highest BCUT2D eigenvalue weighted by molar-refractivity contribution is 7.91. The molecule has 0 aliphatic carbocycles. The van der Waals surface area contributed by atoms with Crippen LogP contribution in [0.2, 0.25) is 0 Å². The number of hydrogen-bond donors (Lipinski definition) is 0. The van der Waals surface area contributed by atoms with Crippen LogP contribution in [0.1, 0.15) is 5.69 Å². The molecule has 0 radical (unpaired) electrons. The van der Waals surface area contributed by atoms with Gasteiger partial charge in [-0.3, -0.25) is 0 Å². The largest absolute Gasteiger partial charge is 0.227 e. The van der Waals surface area contributed by atoms with Gasteiger partial charge in [-0.05, 0) is 19.1 Å². The molecule has 6 nitrogen and oxygen atoms in total. The summed E-state index contributed by atoms with van der Waals surface area (Å²) in [5, 5.41) is 12.4. The summed E-state index contributed by atoms with van der Waals surface area (Å²) in [6.07, 6.45) is 0. The van der Waals surface area contributed by atoms with Crippen LogP contribution in [0.25, 0.3) is 16.9 Å². The topological polar surface area (TPSA) is 77.2 Å². The minimum Gasteiger partial charge on any atom is -0.217 e. The third-order valence-electron chi connectivity index (χ3n) is 3.94. The van der Waals surface area contributed by atoms with Gasteiger partial charge < -0.3 is 0 Å². The summed E-state index contributed by atoms with van der Waals surface area (Å²) >= 11 is 0. The molecule has 0 saturated carbocycles. The van der Waals surface area contributed by atoms with Gasteiger partial charge in [0.25, 0.3) is 0 Å². The fourth-order valence-electron chi connectivity index (χ4n) is 2.66. The van der Waals surface area contributed by atoms with Crippen molar-refractivity contribution < 1.29 is 8.42 Å². The van der Waals surface area contributed by atoms with Crippen LogP contribution < -0.4 is 0 Å². The summed E-state index contributed by atoms with van der Waals surface area (Å²) in [6.45, 7) is 1.68.